The van der Waals surface area contributed by atoms with Gasteiger partial charge in [0.25, 0.3) is 5.79 Å². The highest BCUT2D eigenvalue weighted by Gasteiger charge is 2.42. The topological polar surface area (TPSA) is 135 Å². The number of hydrogen-bond acceptors (Lipinski definition) is 8. The van der Waals surface area contributed by atoms with E-state index in [4.69, 9.17) is 40.8 Å². The molecule has 1 aliphatic carbocycles. The molecule has 0 amide bonds. The van der Waals surface area contributed by atoms with Gasteiger partial charge in [-0.1, -0.05) is 53.2 Å². The highest BCUT2D eigenvalue weighted by atomic mass is 35.5. The molecule has 2 aliphatic rings. The minimum Gasteiger partial charge on any atom is -0.450 e. The molecule has 1 aromatic heterocycles. The molecule has 1 aliphatic heterocycles. The zero-order valence-electron chi connectivity index (χ0n) is 21.3. The van der Waals surface area contributed by atoms with Crippen LogP contribution in [0.3, 0.4) is 0 Å². The van der Waals surface area contributed by atoms with Crippen molar-refractivity contribution in [2.75, 3.05) is 13.1 Å². The van der Waals surface area contributed by atoms with Crippen LogP contribution < -0.4 is 0 Å². The van der Waals surface area contributed by atoms with Gasteiger partial charge in [0, 0.05) is 49.0 Å². The third-order valence-electron chi connectivity index (χ3n) is 7.64. The summed E-state index contributed by atoms with van der Waals surface area (Å²) in [5.74, 6) is 0.377. The number of benzene rings is 2. The summed E-state index contributed by atoms with van der Waals surface area (Å²) in [6, 6.07) is 16.0. The molecule has 2 aromatic carbocycles. The molecule has 1 saturated heterocycles. The fourth-order valence-corrected chi connectivity index (χ4v) is 5.67. The number of likely N-dealkylation sites (tertiary alicyclic amines) is 1. The number of hydrogen-bond donors (Lipinski definition) is 2. The number of carbonyl (C=O) groups is 2. The van der Waals surface area contributed by atoms with Crippen LogP contribution in [0.4, 0.5) is 9.59 Å². The number of carboxylic acid groups (broad SMARTS) is 2. The predicted octanol–water partition coefficient (Wildman–Crippen LogP) is 6.51. The van der Waals surface area contributed by atoms with E-state index in [0.29, 0.717) is 37.3 Å². The van der Waals surface area contributed by atoms with E-state index < -0.39 is 18.1 Å². The van der Waals surface area contributed by atoms with Crippen LogP contribution in [0, 0.1) is 0 Å². The van der Waals surface area contributed by atoms with Crippen molar-refractivity contribution in [2.24, 2.45) is 0 Å². The fraction of sp³-hybridized carbons (Fsp3) is 0.429. The Kier molecular flexibility index (Phi) is 8.04. The summed E-state index contributed by atoms with van der Waals surface area (Å²) in [5.41, 5.74) is 3.25. The normalized spacial score (nSPS) is 21.3. The van der Waals surface area contributed by atoms with Crippen molar-refractivity contribution in [1.82, 2.24) is 15.0 Å². The molecule has 5 rings (SSSR count). The molecular weight excluding hydrogens is 526 g/mol. The highest BCUT2D eigenvalue weighted by Crippen LogP contribution is 2.40. The second-order valence-electron chi connectivity index (χ2n) is 10.2. The largest absolute Gasteiger partial charge is 0.509 e. The highest BCUT2D eigenvalue weighted by molar-refractivity contribution is 6.30. The summed E-state index contributed by atoms with van der Waals surface area (Å²) in [6.45, 7) is 1.47. The Labute approximate surface area is 230 Å². The Morgan fingerprint density at radius 3 is 2.10 bits per heavy atom. The summed E-state index contributed by atoms with van der Waals surface area (Å²) >= 11 is 6.03. The van der Waals surface area contributed by atoms with Crippen molar-refractivity contribution in [3.05, 3.63) is 70.6 Å². The third kappa shape index (κ3) is 6.69. The Balaban J connectivity index is 1.14. The van der Waals surface area contributed by atoms with Gasteiger partial charge in [-0.2, -0.15) is 4.98 Å². The van der Waals surface area contributed by atoms with Crippen LogP contribution in [0.15, 0.2) is 53.1 Å². The van der Waals surface area contributed by atoms with Crippen LogP contribution >= 0.6 is 11.6 Å². The molecule has 2 N–H and O–H groups in total. The lowest BCUT2D eigenvalue weighted by molar-refractivity contribution is -0.205. The molecule has 2 fully saturated rings. The molecule has 11 heteroatoms. The van der Waals surface area contributed by atoms with Gasteiger partial charge in [0.05, 0.1) is 0 Å². The fourth-order valence-electron chi connectivity index (χ4n) is 5.54. The van der Waals surface area contributed by atoms with Gasteiger partial charge < -0.3 is 24.2 Å². The van der Waals surface area contributed by atoms with Crippen molar-refractivity contribution in [3.8, 4) is 11.4 Å². The maximum absolute atomic E-state index is 11.0. The lowest BCUT2D eigenvalue weighted by atomic mass is 9.78. The zero-order chi connectivity index (χ0) is 27.4. The molecule has 39 heavy (non-hydrogen) atoms. The second-order valence-corrected chi connectivity index (χ2v) is 10.6. The summed E-state index contributed by atoms with van der Waals surface area (Å²) in [5, 5.41) is 22.9. The van der Waals surface area contributed by atoms with E-state index in [9.17, 15) is 9.59 Å². The van der Waals surface area contributed by atoms with Crippen molar-refractivity contribution in [1.29, 1.82) is 0 Å². The minimum atomic E-state index is -1.66. The monoisotopic (exact) mass is 555 g/mol. The van der Waals surface area contributed by atoms with Gasteiger partial charge in [-0.05, 0) is 54.9 Å². The van der Waals surface area contributed by atoms with E-state index in [2.05, 4.69) is 22.2 Å². The van der Waals surface area contributed by atoms with Gasteiger partial charge in [-0.25, -0.2) is 9.59 Å². The second kappa shape index (κ2) is 11.6. The molecule has 0 bridgehead atoms. The average Bonchev–Trinajstić information content (AvgIpc) is 3.41. The van der Waals surface area contributed by atoms with Gasteiger partial charge in [-0.15, -0.1) is 0 Å². The summed E-state index contributed by atoms with van der Waals surface area (Å²) in [7, 11) is 0. The van der Waals surface area contributed by atoms with E-state index in [0.717, 1.165) is 41.8 Å². The van der Waals surface area contributed by atoms with Crippen LogP contribution in [0.5, 0.6) is 0 Å². The number of ether oxygens (including phenoxy) is 2. The molecule has 0 atom stereocenters. The van der Waals surface area contributed by atoms with Crippen molar-refractivity contribution >= 4 is 23.9 Å². The first-order valence-electron chi connectivity index (χ1n) is 13.0. The quantitative estimate of drug-likeness (QED) is 0.245. The minimum absolute atomic E-state index is 0.122. The maximum atomic E-state index is 11.0. The molecule has 0 unspecified atom stereocenters. The van der Waals surface area contributed by atoms with E-state index >= 15 is 0 Å². The smallest absolute Gasteiger partial charge is 0.450 e. The Hall–Kier alpha value is -3.63. The molecule has 1 saturated carbocycles. The number of nitrogens with zero attached hydrogens (tertiary/aromatic N) is 3. The van der Waals surface area contributed by atoms with E-state index in [1.165, 1.54) is 5.56 Å². The zero-order valence-corrected chi connectivity index (χ0v) is 22.0. The van der Waals surface area contributed by atoms with Gasteiger partial charge in [0.15, 0.2) is 0 Å². The number of piperidine rings is 1. The standard InChI is InChI=1S/C28H30ClN3O7/c29-23-11-9-20(10-12-23)19-5-7-22(8-6-19)25-30-24(31-39-25)21-3-1-18(2-4-21)17-32-15-13-28(14-16-32,37-26(33)34)38-27(35)36/h1-4,9-12,19,22H,5-8,13-17H2,(H,33,34)(H,35,36). The lowest BCUT2D eigenvalue weighted by Gasteiger charge is -2.38. The summed E-state index contributed by atoms with van der Waals surface area (Å²) in [6.07, 6.45) is 1.27. The van der Waals surface area contributed by atoms with E-state index in [1.54, 1.807) is 0 Å². The van der Waals surface area contributed by atoms with Crippen molar-refractivity contribution in [3.63, 3.8) is 0 Å². The molecular formula is C28H30ClN3O7. The number of aromatic nitrogens is 2. The SMILES string of the molecule is O=C(O)OC1(OC(=O)O)CCN(Cc2ccc(-c3noc(C4CCC(c5ccc(Cl)cc5)CC4)n3)cc2)CC1. The van der Waals surface area contributed by atoms with Crippen LogP contribution in [0.2, 0.25) is 5.02 Å². The van der Waals surface area contributed by atoms with Gasteiger partial charge in [0.1, 0.15) is 0 Å². The maximum Gasteiger partial charge on any atom is 0.509 e. The summed E-state index contributed by atoms with van der Waals surface area (Å²) in [4.78, 5) is 28.8. The summed E-state index contributed by atoms with van der Waals surface area (Å²) < 4.78 is 15.2. The molecule has 0 spiro atoms. The number of halogens is 1. The van der Waals surface area contributed by atoms with E-state index in [1.807, 2.05) is 36.4 Å². The molecule has 10 nitrogen and oxygen atoms in total. The average molecular weight is 556 g/mol. The lowest BCUT2D eigenvalue weighted by Crippen LogP contribution is -2.49. The van der Waals surface area contributed by atoms with Gasteiger partial charge >= 0.3 is 12.3 Å². The molecule has 3 aromatic rings. The first kappa shape index (κ1) is 27.0. The molecule has 2 heterocycles. The molecule has 0 radical (unpaired) electrons. The van der Waals surface area contributed by atoms with Crippen molar-refractivity contribution < 1.29 is 33.8 Å². The third-order valence-corrected chi connectivity index (χ3v) is 7.89. The Morgan fingerprint density at radius 1 is 0.923 bits per heavy atom. The molecule has 206 valence electrons. The first-order chi connectivity index (χ1) is 18.8. The predicted molar refractivity (Wildman–Crippen MR) is 141 cm³/mol. The first-order valence-corrected chi connectivity index (χ1v) is 13.4. The van der Waals surface area contributed by atoms with Gasteiger partial charge in [0.2, 0.25) is 11.7 Å². The van der Waals surface area contributed by atoms with E-state index in [-0.39, 0.29) is 18.8 Å². The van der Waals surface area contributed by atoms with Crippen LogP contribution in [0.25, 0.3) is 11.4 Å². The Bertz CT molecular complexity index is 1260. The van der Waals surface area contributed by atoms with Gasteiger partial charge in [-0.3, -0.25) is 4.90 Å². The Morgan fingerprint density at radius 2 is 1.51 bits per heavy atom. The van der Waals surface area contributed by atoms with Crippen LogP contribution in [0.1, 0.15) is 67.4 Å². The number of rotatable bonds is 7. The van der Waals surface area contributed by atoms with Crippen LogP contribution in [-0.4, -0.2) is 56.4 Å². The van der Waals surface area contributed by atoms with Crippen molar-refractivity contribution in [2.45, 2.75) is 62.7 Å². The van der Waals surface area contributed by atoms with Crippen LogP contribution in [-0.2, 0) is 16.0 Å².